The molecule has 27 heavy (non-hydrogen) atoms. The highest BCUT2D eigenvalue weighted by molar-refractivity contribution is 6.36. The lowest BCUT2D eigenvalue weighted by atomic mass is 10.0. The van der Waals surface area contributed by atoms with Crippen molar-refractivity contribution in [2.24, 2.45) is 0 Å². The highest BCUT2D eigenvalue weighted by Gasteiger charge is 2.12. The van der Waals surface area contributed by atoms with Crippen molar-refractivity contribution in [2.75, 3.05) is 0 Å². The molecular weight excluding hydrogens is 384 g/mol. The molecule has 0 bridgehead atoms. The third-order valence-corrected chi connectivity index (χ3v) is 4.34. The molecule has 3 aromatic carbocycles. The molecule has 0 fully saturated rings. The fraction of sp³-hybridized carbons (Fsp3) is 0.0455. The van der Waals surface area contributed by atoms with Crippen LogP contribution < -0.4 is 4.74 Å². The monoisotopic (exact) mass is 397 g/mol. The minimum atomic E-state index is -0.312. The van der Waals surface area contributed by atoms with E-state index in [0.717, 1.165) is 11.1 Å². The molecule has 0 amide bonds. The van der Waals surface area contributed by atoms with E-state index >= 15 is 0 Å². The van der Waals surface area contributed by atoms with Crippen LogP contribution in [0.2, 0.25) is 10.0 Å². The van der Waals surface area contributed by atoms with Crippen LogP contribution in [-0.4, -0.2) is 0 Å². The van der Waals surface area contributed by atoms with Gasteiger partial charge in [0.2, 0.25) is 0 Å². The lowest BCUT2D eigenvalue weighted by Gasteiger charge is -2.13. The summed E-state index contributed by atoms with van der Waals surface area (Å²) in [6.07, 6.45) is 1.69. The summed E-state index contributed by atoms with van der Waals surface area (Å²) in [5.41, 5.74) is 2.62. The summed E-state index contributed by atoms with van der Waals surface area (Å²) in [5.74, 6) is 0.0995. The van der Waals surface area contributed by atoms with Gasteiger partial charge < -0.3 is 4.74 Å². The second-order valence-electron chi connectivity index (χ2n) is 5.76. The van der Waals surface area contributed by atoms with Gasteiger partial charge in [-0.05, 0) is 41.5 Å². The van der Waals surface area contributed by atoms with Gasteiger partial charge in [-0.15, -0.1) is 0 Å². The summed E-state index contributed by atoms with van der Waals surface area (Å²) in [5, 5.41) is 10.3. The lowest BCUT2D eigenvalue weighted by Crippen LogP contribution is -1.98. The van der Waals surface area contributed by atoms with Gasteiger partial charge in [-0.25, -0.2) is 4.39 Å². The average molecular weight is 398 g/mol. The first-order chi connectivity index (χ1) is 13.1. The van der Waals surface area contributed by atoms with Gasteiger partial charge in [-0.3, -0.25) is 0 Å². The van der Waals surface area contributed by atoms with Crippen LogP contribution in [0.15, 0.2) is 66.7 Å². The van der Waals surface area contributed by atoms with Crippen molar-refractivity contribution in [1.29, 1.82) is 5.26 Å². The quantitative estimate of drug-likeness (QED) is 0.351. The molecule has 0 heterocycles. The number of hydrogen-bond acceptors (Lipinski definition) is 2. The zero-order valence-electron chi connectivity index (χ0n) is 14.1. The Morgan fingerprint density at radius 3 is 2.41 bits per heavy atom. The maximum atomic E-state index is 13.1. The summed E-state index contributed by atoms with van der Waals surface area (Å²) in [6, 6.07) is 20.8. The minimum absolute atomic E-state index is 0.204. The zero-order valence-corrected chi connectivity index (χ0v) is 15.6. The van der Waals surface area contributed by atoms with Crippen molar-refractivity contribution in [3.63, 3.8) is 0 Å². The summed E-state index contributed by atoms with van der Waals surface area (Å²) < 4.78 is 18.9. The molecule has 0 aliphatic heterocycles. The smallest absolute Gasteiger partial charge is 0.145 e. The van der Waals surface area contributed by atoms with Crippen molar-refractivity contribution in [3.8, 4) is 11.8 Å². The van der Waals surface area contributed by atoms with E-state index in [2.05, 4.69) is 6.07 Å². The number of hydrogen-bond donors (Lipinski definition) is 0. The third kappa shape index (κ3) is 4.89. The maximum Gasteiger partial charge on any atom is 0.145 e. The van der Waals surface area contributed by atoms with Gasteiger partial charge in [-0.2, -0.15) is 5.26 Å². The number of benzene rings is 3. The van der Waals surface area contributed by atoms with Crippen LogP contribution >= 0.6 is 23.2 Å². The molecule has 2 nitrogen and oxygen atoms in total. The number of allylic oxidation sites excluding steroid dienone is 1. The first-order valence-corrected chi connectivity index (χ1v) is 8.86. The number of ether oxygens (including phenoxy) is 1. The van der Waals surface area contributed by atoms with Crippen LogP contribution in [0.3, 0.4) is 0 Å². The van der Waals surface area contributed by atoms with Crippen molar-refractivity contribution in [2.45, 2.75) is 6.61 Å². The normalized spacial score (nSPS) is 11.1. The molecule has 0 unspecified atom stereocenters. The molecule has 0 spiro atoms. The number of nitriles is 1. The molecule has 5 heteroatoms. The molecule has 0 N–H and O–H groups in total. The molecule has 0 atom stereocenters. The van der Waals surface area contributed by atoms with Crippen LogP contribution in [-0.2, 0) is 6.61 Å². The largest absolute Gasteiger partial charge is 0.487 e. The van der Waals surface area contributed by atoms with Crippen molar-refractivity contribution >= 4 is 34.9 Å². The van der Waals surface area contributed by atoms with E-state index in [9.17, 15) is 9.65 Å². The summed E-state index contributed by atoms with van der Waals surface area (Å²) in [7, 11) is 0. The molecule has 0 saturated heterocycles. The van der Waals surface area contributed by atoms with E-state index in [4.69, 9.17) is 27.9 Å². The third-order valence-electron chi connectivity index (χ3n) is 3.84. The molecule has 134 valence electrons. The molecule has 0 saturated carbocycles. The van der Waals surface area contributed by atoms with Gasteiger partial charge in [0.1, 0.15) is 18.2 Å². The van der Waals surface area contributed by atoms with Gasteiger partial charge in [0.05, 0.1) is 16.7 Å². The predicted octanol–water partition coefficient (Wildman–Crippen LogP) is 6.78. The fourth-order valence-electron chi connectivity index (χ4n) is 2.53. The van der Waals surface area contributed by atoms with Crippen LogP contribution in [0.25, 0.3) is 11.6 Å². The molecular formula is C22H14Cl2FNO. The van der Waals surface area contributed by atoms with Gasteiger partial charge in [-0.1, -0.05) is 65.7 Å². The highest BCUT2D eigenvalue weighted by atomic mass is 35.5. The Labute approximate surface area is 167 Å². The van der Waals surface area contributed by atoms with Crippen LogP contribution in [0.1, 0.15) is 16.7 Å². The van der Waals surface area contributed by atoms with Gasteiger partial charge in [0.15, 0.2) is 0 Å². The van der Waals surface area contributed by atoms with Gasteiger partial charge >= 0.3 is 0 Å². The Morgan fingerprint density at radius 1 is 1.04 bits per heavy atom. The first-order valence-electron chi connectivity index (χ1n) is 8.10. The average Bonchev–Trinajstić information content (AvgIpc) is 2.67. The minimum Gasteiger partial charge on any atom is -0.487 e. The summed E-state index contributed by atoms with van der Waals surface area (Å²) >= 11 is 12.5. The number of nitrogens with zero attached hydrogens (tertiary/aromatic N) is 1. The van der Waals surface area contributed by atoms with E-state index in [0.29, 0.717) is 26.9 Å². The van der Waals surface area contributed by atoms with Crippen LogP contribution in [0.4, 0.5) is 4.39 Å². The van der Waals surface area contributed by atoms with Crippen LogP contribution in [0, 0.1) is 17.1 Å². The topological polar surface area (TPSA) is 33.0 Å². The van der Waals surface area contributed by atoms with Gasteiger partial charge in [0, 0.05) is 10.6 Å². The van der Waals surface area contributed by atoms with Crippen LogP contribution in [0.5, 0.6) is 5.75 Å². The van der Waals surface area contributed by atoms with Gasteiger partial charge in [0.25, 0.3) is 0 Å². The Balaban J connectivity index is 1.96. The Kier molecular flexibility index (Phi) is 6.13. The zero-order chi connectivity index (χ0) is 19.2. The first kappa shape index (κ1) is 19.0. The second kappa shape index (κ2) is 8.73. The van der Waals surface area contributed by atoms with Crippen molar-refractivity contribution < 1.29 is 9.13 Å². The Morgan fingerprint density at radius 2 is 1.74 bits per heavy atom. The molecule has 3 aromatic rings. The molecule has 0 radical (unpaired) electrons. The molecule has 3 rings (SSSR count). The van der Waals surface area contributed by atoms with E-state index < -0.39 is 0 Å². The molecule has 0 aliphatic carbocycles. The second-order valence-corrected chi connectivity index (χ2v) is 6.60. The summed E-state index contributed by atoms with van der Waals surface area (Å²) in [4.78, 5) is 0. The standard InChI is InChI=1S/C22H14Cl2FNO/c23-19-11-17(10-18(13-26)16-4-2-1-3-5-16)22(21(24)12-19)27-14-15-6-8-20(25)9-7-15/h1-12H,14H2/b18-10+. The van der Waals surface area contributed by atoms with Crippen molar-refractivity contribution in [3.05, 3.63) is 99.3 Å². The van der Waals surface area contributed by atoms with E-state index in [1.807, 2.05) is 30.3 Å². The van der Waals surface area contributed by atoms with E-state index in [1.165, 1.54) is 12.1 Å². The predicted molar refractivity (Wildman–Crippen MR) is 107 cm³/mol. The van der Waals surface area contributed by atoms with Crippen molar-refractivity contribution in [1.82, 2.24) is 0 Å². The lowest BCUT2D eigenvalue weighted by molar-refractivity contribution is 0.305. The Bertz CT molecular complexity index is 1010. The van der Waals surface area contributed by atoms with E-state index in [-0.39, 0.29) is 12.4 Å². The SMILES string of the molecule is N#C/C(=C\c1cc(Cl)cc(Cl)c1OCc1ccc(F)cc1)c1ccccc1. The molecule has 0 aromatic heterocycles. The summed E-state index contributed by atoms with van der Waals surface area (Å²) in [6.45, 7) is 0.204. The van der Waals surface area contributed by atoms with E-state index in [1.54, 1.807) is 30.3 Å². The Hall–Kier alpha value is -2.80. The number of rotatable bonds is 5. The number of halogens is 3. The fourth-order valence-corrected chi connectivity index (χ4v) is 3.09. The molecule has 0 aliphatic rings. The highest BCUT2D eigenvalue weighted by Crippen LogP contribution is 2.35. The maximum absolute atomic E-state index is 13.1.